The van der Waals surface area contributed by atoms with E-state index in [-0.39, 0.29) is 10.7 Å². The van der Waals surface area contributed by atoms with E-state index in [1.165, 1.54) is 18.5 Å². The first-order valence-corrected chi connectivity index (χ1v) is 11.6. The van der Waals surface area contributed by atoms with E-state index in [0.717, 1.165) is 33.5 Å². The first-order chi connectivity index (χ1) is 17.9. The van der Waals surface area contributed by atoms with E-state index in [1.807, 2.05) is 48.7 Å². The van der Waals surface area contributed by atoms with E-state index >= 15 is 0 Å². The van der Waals surface area contributed by atoms with Crippen molar-refractivity contribution in [3.8, 4) is 16.8 Å². The molecule has 6 nitrogen and oxygen atoms in total. The van der Waals surface area contributed by atoms with E-state index in [2.05, 4.69) is 26.2 Å². The van der Waals surface area contributed by atoms with E-state index in [9.17, 15) is 13.2 Å². The van der Waals surface area contributed by atoms with Crippen LogP contribution in [-0.4, -0.2) is 29.1 Å². The molecule has 0 radical (unpaired) electrons. The smallest absolute Gasteiger partial charge is 0.276 e. The Bertz CT molecular complexity index is 2010. The minimum Gasteiger partial charge on any atom is -0.276 e. The molecule has 3 aromatic carbocycles. The maximum absolute atomic E-state index is 13.7. The van der Waals surface area contributed by atoms with Crippen molar-refractivity contribution in [2.45, 2.75) is 6.18 Å². The number of rotatable bonds is 2. The van der Waals surface area contributed by atoms with Crippen molar-refractivity contribution in [1.29, 1.82) is 0 Å². The predicted molar refractivity (Wildman–Crippen MR) is 136 cm³/mol. The summed E-state index contributed by atoms with van der Waals surface area (Å²) in [4.78, 5) is 9.17. The van der Waals surface area contributed by atoms with Crippen molar-refractivity contribution in [3.63, 3.8) is 0 Å². The number of pyridine rings is 2. The van der Waals surface area contributed by atoms with Gasteiger partial charge in [-0.25, -0.2) is 0 Å². The molecule has 0 saturated heterocycles. The third kappa shape index (κ3) is 3.35. The van der Waals surface area contributed by atoms with Crippen LogP contribution in [0, 0.1) is 0 Å². The van der Waals surface area contributed by atoms with Crippen LogP contribution in [0.2, 0.25) is 5.02 Å². The Labute approximate surface area is 211 Å². The number of aromatic nitrogens is 6. The highest BCUT2D eigenvalue weighted by Gasteiger charge is 2.34. The topological polar surface area (TPSA) is 60.9 Å². The molecule has 4 aromatic heterocycles. The summed E-state index contributed by atoms with van der Waals surface area (Å²) < 4.78 is 44.5. The van der Waals surface area contributed by atoms with Crippen molar-refractivity contribution < 1.29 is 13.2 Å². The molecule has 37 heavy (non-hydrogen) atoms. The van der Waals surface area contributed by atoms with Crippen molar-refractivity contribution in [1.82, 2.24) is 29.1 Å². The number of hydrogen-bond donors (Lipinski definition) is 0. The lowest BCUT2D eigenvalue weighted by Crippen LogP contribution is -2.07. The van der Waals surface area contributed by atoms with Gasteiger partial charge in [-0.15, -0.1) is 10.2 Å². The number of hydrogen-bond acceptors (Lipinski definition) is 4. The number of halogens is 4. The normalized spacial score (nSPS) is 12.3. The van der Waals surface area contributed by atoms with Gasteiger partial charge in [0.2, 0.25) is 5.78 Å². The Morgan fingerprint density at radius 2 is 1.65 bits per heavy atom. The zero-order valence-corrected chi connectivity index (χ0v) is 19.5. The van der Waals surface area contributed by atoms with Crippen LogP contribution in [0.5, 0.6) is 0 Å². The van der Waals surface area contributed by atoms with Crippen LogP contribution in [-0.2, 0) is 6.18 Å². The molecule has 7 rings (SSSR count). The lowest BCUT2D eigenvalue weighted by molar-refractivity contribution is -0.137. The molecule has 4 heterocycles. The highest BCUT2D eigenvalue weighted by atomic mass is 35.5. The highest BCUT2D eigenvalue weighted by Crippen LogP contribution is 2.38. The fourth-order valence-electron chi connectivity index (χ4n) is 4.75. The van der Waals surface area contributed by atoms with E-state index in [4.69, 9.17) is 11.6 Å². The first-order valence-electron chi connectivity index (χ1n) is 11.2. The number of alkyl halides is 3. The maximum atomic E-state index is 13.7. The molecule has 0 atom stereocenters. The Hall–Kier alpha value is -4.50. The van der Waals surface area contributed by atoms with Gasteiger partial charge in [0.25, 0.3) is 0 Å². The van der Waals surface area contributed by atoms with Gasteiger partial charge in [-0.3, -0.25) is 18.9 Å². The van der Waals surface area contributed by atoms with E-state index in [0.29, 0.717) is 22.3 Å². The second-order valence-corrected chi connectivity index (χ2v) is 9.05. The molecule has 180 valence electrons. The molecule has 0 fully saturated rings. The van der Waals surface area contributed by atoms with Crippen LogP contribution < -0.4 is 0 Å². The van der Waals surface area contributed by atoms with Crippen LogP contribution in [0.4, 0.5) is 13.2 Å². The maximum Gasteiger partial charge on any atom is 0.417 e. The summed E-state index contributed by atoms with van der Waals surface area (Å²) in [6, 6.07) is 19.5. The third-order valence-electron chi connectivity index (χ3n) is 6.47. The number of benzene rings is 3. The van der Waals surface area contributed by atoms with Gasteiger partial charge in [0, 0.05) is 28.2 Å². The Morgan fingerprint density at radius 1 is 0.811 bits per heavy atom. The molecule has 0 spiro atoms. The Kier molecular flexibility index (Phi) is 4.56. The van der Waals surface area contributed by atoms with Crippen LogP contribution in [0.25, 0.3) is 55.4 Å². The lowest BCUT2D eigenvalue weighted by Gasteiger charge is -2.13. The minimum atomic E-state index is -4.61. The summed E-state index contributed by atoms with van der Waals surface area (Å²) in [5.41, 5.74) is 4.03. The van der Waals surface area contributed by atoms with Crippen molar-refractivity contribution in [3.05, 3.63) is 96.0 Å². The van der Waals surface area contributed by atoms with E-state index < -0.39 is 11.7 Å². The monoisotopic (exact) mass is 514 g/mol. The molecule has 0 aliphatic heterocycles. The Balaban J connectivity index is 1.54. The molecule has 0 saturated carbocycles. The van der Waals surface area contributed by atoms with Crippen molar-refractivity contribution >= 4 is 50.2 Å². The van der Waals surface area contributed by atoms with Gasteiger partial charge >= 0.3 is 6.18 Å². The number of imidazole rings is 1. The van der Waals surface area contributed by atoms with Gasteiger partial charge in [0.15, 0.2) is 0 Å². The molecule has 0 unspecified atom stereocenters. The average molecular weight is 515 g/mol. The van der Waals surface area contributed by atoms with Crippen molar-refractivity contribution in [2.75, 3.05) is 0 Å². The van der Waals surface area contributed by atoms with Crippen LogP contribution >= 0.6 is 11.6 Å². The third-order valence-corrected chi connectivity index (χ3v) is 6.80. The molecular formula is C27H14ClF3N6. The molecule has 10 heteroatoms. The van der Waals surface area contributed by atoms with Gasteiger partial charge < -0.3 is 0 Å². The number of para-hydroxylation sites is 1. The van der Waals surface area contributed by atoms with Crippen LogP contribution in [0.3, 0.4) is 0 Å². The van der Waals surface area contributed by atoms with E-state index in [1.54, 1.807) is 15.2 Å². The van der Waals surface area contributed by atoms with Crippen LogP contribution in [0.1, 0.15) is 5.56 Å². The summed E-state index contributed by atoms with van der Waals surface area (Å²) >= 11 is 5.90. The molecule has 0 amide bonds. The zero-order chi connectivity index (χ0) is 25.3. The minimum absolute atomic E-state index is 0.259. The average Bonchev–Trinajstić information content (AvgIpc) is 3.49. The van der Waals surface area contributed by atoms with Crippen molar-refractivity contribution in [2.24, 2.45) is 0 Å². The molecule has 7 aromatic rings. The summed E-state index contributed by atoms with van der Waals surface area (Å²) in [6.07, 6.45) is 0.378. The molecule has 0 aliphatic carbocycles. The number of fused-ring (bicyclic) bond motifs is 6. The first kappa shape index (κ1) is 21.8. The fourth-order valence-corrected chi connectivity index (χ4v) is 4.98. The summed E-state index contributed by atoms with van der Waals surface area (Å²) in [5, 5.41) is 9.54. The summed E-state index contributed by atoms with van der Waals surface area (Å²) in [5.74, 6) is 0.359. The molecule has 0 bridgehead atoms. The SMILES string of the molecule is FC(F)(F)c1cc(-n2c3c4cc(-c5cnc6ccccc6c5)ccc4ncc3n3cnnc23)ccc1Cl. The standard InChI is InChI=1S/C27H14ClF3N6/c28-21-7-6-18(11-20(21)27(29,30)31)37-25-19-10-15(17-9-16-3-1-2-4-22(16)32-12-17)5-8-23(19)33-13-24(25)36-14-34-35-26(36)37/h1-14H. The fraction of sp³-hybridized carbons (Fsp3) is 0.0370. The molecular weight excluding hydrogens is 501 g/mol. The predicted octanol–water partition coefficient (Wildman–Crippen LogP) is 7.11. The second kappa shape index (κ2) is 7.75. The van der Waals surface area contributed by atoms with Gasteiger partial charge in [0.05, 0.1) is 38.8 Å². The largest absolute Gasteiger partial charge is 0.417 e. The summed E-state index contributed by atoms with van der Waals surface area (Å²) in [6.45, 7) is 0. The van der Waals surface area contributed by atoms with Gasteiger partial charge in [0.1, 0.15) is 6.33 Å². The quantitative estimate of drug-likeness (QED) is 0.247. The second-order valence-electron chi connectivity index (χ2n) is 8.64. The van der Waals surface area contributed by atoms with Gasteiger partial charge in [-0.1, -0.05) is 35.9 Å². The van der Waals surface area contributed by atoms with Gasteiger partial charge in [-0.2, -0.15) is 13.2 Å². The Morgan fingerprint density at radius 3 is 2.51 bits per heavy atom. The lowest BCUT2D eigenvalue weighted by atomic mass is 10.0. The van der Waals surface area contributed by atoms with Gasteiger partial charge in [-0.05, 0) is 48.0 Å². The zero-order valence-electron chi connectivity index (χ0n) is 18.8. The number of nitrogens with zero attached hydrogens (tertiary/aromatic N) is 6. The summed E-state index contributed by atoms with van der Waals surface area (Å²) in [7, 11) is 0. The molecule has 0 aliphatic rings. The van der Waals surface area contributed by atoms with Crippen LogP contribution in [0.15, 0.2) is 85.5 Å². The molecule has 0 N–H and O–H groups in total. The highest BCUT2D eigenvalue weighted by molar-refractivity contribution is 6.31.